The van der Waals surface area contributed by atoms with Crippen LogP contribution < -0.4 is 4.72 Å². The van der Waals surface area contributed by atoms with E-state index in [0.717, 1.165) is 22.5 Å². The monoisotopic (exact) mass is 316 g/mol. The normalized spacial score (nSPS) is 11.7. The third kappa shape index (κ3) is 3.54. The van der Waals surface area contributed by atoms with Crippen LogP contribution >= 0.6 is 22.9 Å². The number of hydrogen-bond acceptors (Lipinski definition) is 4. The molecule has 0 unspecified atom stereocenters. The van der Waals surface area contributed by atoms with Crippen molar-refractivity contribution < 1.29 is 8.42 Å². The van der Waals surface area contributed by atoms with Gasteiger partial charge in [0.1, 0.15) is 0 Å². The van der Waals surface area contributed by atoms with Crippen LogP contribution in [-0.2, 0) is 16.6 Å². The summed E-state index contributed by atoms with van der Waals surface area (Å²) in [5.41, 5.74) is 2.46. The first-order valence-corrected chi connectivity index (χ1v) is 8.24. The van der Waals surface area contributed by atoms with Gasteiger partial charge >= 0.3 is 0 Å². The first-order valence-electron chi connectivity index (χ1n) is 5.56. The molecular formula is C12H13ClN2O2S2. The van der Waals surface area contributed by atoms with Gasteiger partial charge in [-0.2, -0.15) is 0 Å². The summed E-state index contributed by atoms with van der Waals surface area (Å²) in [6.45, 7) is 3.86. The van der Waals surface area contributed by atoms with Gasteiger partial charge in [0.2, 0.25) is 0 Å². The molecule has 2 rings (SSSR count). The molecule has 0 aliphatic carbocycles. The highest BCUT2D eigenvalue weighted by atomic mass is 35.5. The minimum atomic E-state index is -3.56. The largest absolute Gasteiger partial charge is 0.252 e. The number of rotatable bonds is 4. The number of halogens is 1. The molecule has 4 nitrogen and oxygen atoms in total. The number of benzene rings is 1. The molecule has 0 saturated carbocycles. The summed E-state index contributed by atoms with van der Waals surface area (Å²) < 4.78 is 27.2. The van der Waals surface area contributed by atoms with Gasteiger partial charge in [0.05, 0.1) is 5.69 Å². The van der Waals surface area contributed by atoms with Crippen molar-refractivity contribution in [3.05, 3.63) is 45.6 Å². The van der Waals surface area contributed by atoms with Crippen molar-refractivity contribution in [3.8, 4) is 0 Å². The maximum Gasteiger partial charge on any atom is 0.252 e. The van der Waals surface area contributed by atoms with E-state index in [1.165, 1.54) is 0 Å². The summed E-state index contributed by atoms with van der Waals surface area (Å²) in [4.78, 5) is 3.91. The van der Waals surface area contributed by atoms with Crippen molar-refractivity contribution in [2.45, 2.75) is 24.6 Å². The molecule has 0 bridgehead atoms. The SMILES string of the molecule is Cc1ccc(CNS(=O)(=O)c2sc(Cl)nc2C)cc1. The van der Waals surface area contributed by atoms with Gasteiger partial charge < -0.3 is 0 Å². The van der Waals surface area contributed by atoms with Gasteiger partial charge in [0.25, 0.3) is 10.0 Å². The first kappa shape index (κ1) is 14.5. The Hall–Kier alpha value is -0.950. The van der Waals surface area contributed by atoms with Gasteiger partial charge in [-0.3, -0.25) is 0 Å². The number of nitrogens with zero attached hydrogens (tertiary/aromatic N) is 1. The molecule has 0 atom stereocenters. The Morgan fingerprint density at radius 1 is 1.26 bits per heavy atom. The molecule has 1 aromatic carbocycles. The lowest BCUT2D eigenvalue weighted by molar-refractivity contribution is 0.582. The summed E-state index contributed by atoms with van der Waals surface area (Å²) in [5.74, 6) is 0. The summed E-state index contributed by atoms with van der Waals surface area (Å²) >= 11 is 6.68. The van der Waals surface area contributed by atoms with Gasteiger partial charge in [-0.25, -0.2) is 18.1 Å². The fourth-order valence-electron chi connectivity index (χ4n) is 1.55. The van der Waals surface area contributed by atoms with E-state index in [1.54, 1.807) is 6.92 Å². The standard InChI is InChI=1S/C12H13ClN2O2S2/c1-8-3-5-10(6-4-8)7-14-19(16,17)11-9(2)15-12(13)18-11/h3-6,14H,7H2,1-2H3. The lowest BCUT2D eigenvalue weighted by atomic mass is 10.2. The van der Waals surface area contributed by atoms with E-state index in [9.17, 15) is 8.42 Å². The van der Waals surface area contributed by atoms with Crippen LogP contribution in [0.4, 0.5) is 0 Å². The van der Waals surface area contributed by atoms with Crippen LogP contribution in [-0.4, -0.2) is 13.4 Å². The van der Waals surface area contributed by atoms with Crippen LogP contribution in [0.25, 0.3) is 0 Å². The number of aromatic nitrogens is 1. The minimum absolute atomic E-state index is 0.171. The van der Waals surface area contributed by atoms with E-state index in [4.69, 9.17) is 11.6 Å². The zero-order valence-corrected chi connectivity index (χ0v) is 12.9. The molecule has 0 aliphatic heterocycles. The second kappa shape index (κ2) is 5.58. The first-order chi connectivity index (χ1) is 8.88. The van der Waals surface area contributed by atoms with Gasteiger partial charge in [-0.05, 0) is 19.4 Å². The van der Waals surface area contributed by atoms with Gasteiger partial charge in [-0.15, -0.1) is 0 Å². The molecule has 0 spiro atoms. The highest BCUT2D eigenvalue weighted by Crippen LogP contribution is 2.26. The van der Waals surface area contributed by atoms with E-state index in [1.807, 2.05) is 31.2 Å². The molecule has 19 heavy (non-hydrogen) atoms. The summed E-state index contributed by atoms with van der Waals surface area (Å²) in [5, 5.41) is 0. The molecule has 2 aromatic rings. The lowest BCUT2D eigenvalue weighted by Gasteiger charge is -2.05. The molecule has 0 fully saturated rings. The van der Waals surface area contributed by atoms with E-state index < -0.39 is 10.0 Å². The summed E-state index contributed by atoms with van der Waals surface area (Å²) in [7, 11) is -3.56. The lowest BCUT2D eigenvalue weighted by Crippen LogP contribution is -2.23. The maximum atomic E-state index is 12.1. The topological polar surface area (TPSA) is 59.1 Å². The van der Waals surface area contributed by atoms with Crippen molar-refractivity contribution in [2.75, 3.05) is 0 Å². The van der Waals surface area contributed by atoms with E-state index in [0.29, 0.717) is 5.69 Å². The molecule has 0 amide bonds. The number of sulfonamides is 1. The molecule has 0 saturated heterocycles. The number of hydrogen-bond donors (Lipinski definition) is 1. The molecule has 1 aromatic heterocycles. The van der Waals surface area contributed by atoms with Crippen LogP contribution in [0.1, 0.15) is 16.8 Å². The second-order valence-corrected chi connectivity index (χ2v) is 7.69. The van der Waals surface area contributed by atoms with E-state index in [2.05, 4.69) is 9.71 Å². The predicted octanol–water partition coefficient (Wildman–Crippen LogP) is 2.89. The predicted molar refractivity (Wildman–Crippen MR) is 77.1 cm³/mol. The molecule has 1 heterocycles. The van der Waals surface area contributed by atoms with Gasteiger partial charge in [0, 0.05) is 6.54 Å². The number of nitrogens with one attached hydrogen (secondary N) is 1. The van der Waals surface area contributed by atoms with E-state index in [-0.39, 0.29) is 15.2 Å². The highest BCUT2D eigenvalue weighted by molar-refractivity contribution is 7.91. The second-order valence-electron chi connectivity index (χ2n) is 4.15. The third-order valence-electron chi connectivity index (χ3n) is 2.56. The average Bonchev–Trinajstić information content (AvgIpc) is 2.69. The minimum Gasteiger partial charge on any atom is -0.229 e. The zero-order valence-electron chi connectivity index (χ0n) is 10.5. The van der Waals surface area contributed by atoms with Crippen LogP contribution in [0, 0.1) is 13.8 Å². The Bertz CT molecular complexity index is 678. The quantitative estimate of drug-likeness (QED) is 0.943. The number of thiazole rings is 1. The van der Waals surface area contributed by atoms with Gasteiger partial charge in [-0.1, -0.05) is 52.8 Å². The summed E-state index contributed by atoms with van der Waals surface area (Å²) in [6, 6.07) is 7.67. The van der Waals surface area contributed by atoms with Crippen LogP contribution in [0.5, 0.6) is 0 Å². The Balaban J connectivity index is 2.14. The molecule has 7 heteroatoms. The van der Waals surface area contributed by atoms with Crippen molar-refractivity contribution in [3.63, 3.8) is 0 Å². The van der Waals surface area contributed by atoms with Crippen LogP contribution in [0.3, 0.4) is 0 Å². The number of aryl methyl sites for hydroxylation is 2. The van der Waals surface area contributed by atoms with Crippen molar-refractivity contribution >= 4 is 33.0 Å². The fraction of sp³-hybridized carbons (Fsp3) is 0.250. The van der Waals surface area contributed by atoms with E-state index >= 15 is 0 Å². The molecule has 102 valence electrons. The Morgan fingerprint density at radius 2 is 1.89 bits per heavy atom. The Labute approximate surface area is 121 Å². The maximum absolute atomic E-state index is 12.1. The average molecular weight is 317 g/mol. The molecular weight excluding hydrogens is 304 g/mol. The van der Waals surface area contributed by atoms with Crippen LogP contribution in [0.15, 0.2) is 28.5 Å². The third-order valence-corrected chi connectivity index (χ3v) is 5.83. The molecule has 1 N–H and O–H groups in total. The highest BCUT2D eigenvalue weighted by Gasteiger charge is 2.20. The Morgan fingerprint density at radius 3 is 2.42 bits per heavy atom. The zero-order chi connectivity index (χ0) is 14.0. The summed E-state index contributed by atoms with van der Waals surface area (Å²) in [6.07, 6.45) is 0. The molecule has 0 radical (unpaired) electrons. The van der Waals surface area contributed by atoms with Crippen molar-refractivity contribution in [1.82, 2.24) is 9.71 Å². The van der Waals surface area contributed by atoms with Crippen LogP contribution in [0.2, 0.25) is 4.47 Å². The molecule has 0 aliphatic rings. The Kier molecular flexibility index (Phi) is 4.25. The van der Waals surface area contributed by atoms with Crippen molar-refractivity contribution in [2.24, 2.45) is 0 Å². The van der Waals surface area contributed by atoms with Crippen molar-refractivity contribution in [1.29, 1.82) is 0 Å². The smallest absolute Gasteiger partial charge is 0.229 e. The van der Waals surface area contributed by atoms with Gasteiger partial charge in [0.15, 0.2) is 8.68 Å². The fourth-order valence-corrected chi connectivity index (χ4v) is 4.35.